The van der Waals surface area contributed by atoms with Gasteiger partial charge in [0.25, 0.3) is 5.91 Å². The second kappa shape index (κ2) is 7.52. The molecule has 6 heteroatoms. The molecule has 0 aliphatic heterocycles. The number of carbonyl (C=O) groups is 1. The SMILES string of the molecule is COc1ccccc1NC(=O)c1ccc2c(c1)nnn2Cc1ccccc1C. The maximum Gasteiger partial charge on any atom is 0.255 e. The average Bonchev–Trinajstić information content (AvgIpc) is 3.12. The number of methoxy groups -OCH3 is 1. The Balaban J connectivity index is 1.59. The van der Waals surface area contributed by atoms with Crippen molar-refractivity contribution < 1.29 is 9.53 Å². The number of nitrogens with zero attached hydrogens (tertiary/aromatic N) is 3. The molecule has 0 bridgehead atoms. The highest BCUT2D eigenvalue weighted by molar-refractivity contribution is 6.06. The summed E-state index contributed by atoms with van der Waals surface area (Å²) in [6.45, 7) is 2.71. The lowest BCUT2D eigenvalue weighted by molar-refractivity contribution is 0.102. The molecule has 0 radical (unpaired) electrons. The summed E-state index contributed by atoms with van der Waals surface area (Å²) in [5.41, 5.74) is 5.10. The lowest BCUT2D eigenvalue weighted by Gasteiger charge is -2.10. The Morgan fingerprint density at radius 2 is 1.86 bits per heavy atom. The first-order valence-electron chi connectivity index (χ1n) is 8.98. The first kappa shape index (κ1) is 17.7. The van der Waals surface area contributed by atoms with Gasteiger partial charge in [-0.15, -0.1) is 5.10 Å². The van der Waals surface area contributed by atoms with Gasteiger partial charge in [-0.25, -0.2) is 4.68 Å². The number of amides is 1. The summed E-state index contributed by atoms with van der Waals surface area (Å²) in [7, 11) is 1.57. The number of rotatable bonds is 5. The van der Waals surface area contributed by atoms with Gasteiger partial charge in [0.05, 0.1) is 24.9 Å². The average molecular weight is 372 g/mol. The predicted octanol–water partition coefficient (Wildman–Crippen LogP) is 4.05. The van der Waals surface area contributed by atoms with Crippen LogP contribution >= 0.6 is 0 Å². The minimum Gasteiger partial charge on any atom is -0.495 e. The molecule has 0 saturated heterocycles. The van der Waals surface area contributed by atoms with Crippen molar-refractivity contribution >= 4 is 22.6 Å². The van der Waals surface area contributed by atoms with E-state index in [1.54, 1.807) is 31.4 Å². The van der Waals surface area contributed by atoms with E-state index in [1.807, 2.05) is 35.0 Å². The third kappa shape index (κ3) is 3.44. The summed E-state index contributed by atoms with van der Waals surface area (Å²) in [4.78, 5) is 12.6. The molecule has 1 N–H and O–H groups in total. The summed E-state index contributed by atoms with van der Waals surface area (Å²) in [5.74, 6) is 0.390. The van der Waals surface area contributed by atoms with Gasteiger partial charge in [0.2, 0.25) is 0 Å². The minimum atomic E-state index is -0.222. The molecule has 0 atom stereocenters. The second-order valence-electron chi connectivity index (χ2n) is 6.53. The molecule has 1 aromatic heterocycles. The summed E-state index contributed by atoms with van der Waals surface area (Å²) in [6, 6.07) is 20.9. The van der Waals surface area contributed by atoms with E-state index in [4.69, 9.17) is 4.74 Å². The molecule has 0 aliphatic rings. The fourth-order valence-electron chi connectivity index (χ4n) is 3.12. The zero-order chi connectivity index (χ0) is 19.5. The molecule has 3 aromatic carbocycles. The summed E-state index contributed by atoms with van der Waals surface area (Å²) < 4.78 is 7.13. The highest BCUT2D eigenvalue weighted by atomic mass is 16.5. The number of anilines is 1. The minimum absolute atomic E-state index is 0.222. The Kier molecular flexibility index (Phi) is 4.76. The van der Waals surface area contributed by atoms with Gasteiger partial charge in [0.1, 0.15) is 11.3 Å². The van der Waals surface area contributed by atoms with Gasteiger partial charge in [-0.1, -0.05) is 41.6 Å². The standard InChI is InChI=1S/C22H20N4O2/c1-15-7-3-4-8-17(15)14-26-20-12-11-16(13-19(20)24-25-26)22(27)23-18-9-5-6-10-21(18)28-2/h3-13H,14H2,1-2H3,(H,23,27). The van der Waals surface area contributed by atoms with Crippen molar-refractivity contribution in [1.82, 2.24) is 15.0 Å². The van der Waals surface area contributed by atoms with Crippen molar-refractivity contribution in [3.63, 3.8) is 0 Å². The number of fused-ring (bicyclic) bond motifs is 1. The van der Waals surface area contributed by atoms with Gasteiger partial charge in [-0.05, 0) is 48.4 Å². The monoisotopic (exact) mass is 372 g/mol. The molecule has 140 valence electrons. The number of carbonyl (C=O) groups excluding carboxylic acids is 1. The van der Waals surface area contributed by atoms with E-state index in [-0.39, 0.29) is 5.91 Å². The van der Waals surface area contributed by atoms with Crippen molar-refractivity contribution in [2.24, 2.45) is 0 Å². The van der Waals surface area contributed by atoms with E-state index in [0.717, 1.165) is 5.52 Å². The van der Waals surface area contributed by atoms with E-state index in [2.05, 4.69) is 34.7 Å². The highest BCUT2D eigenvalue weighted by Crippen LogP contribution is 2.24. The van der Waals surface area contributed by atoms with E-state index in [9.17, 15) is 4.79 Å². The fourth-order valence-corrected chi connectivity index (χ4v) is 3.12. The maximum absolute atomic E-state index is 12.6. The van der Waals surface area contributed by atoms with Crippen LogP contribution in [-0.4, -0.2) is 28.0 Å². The van der Waals surface area contributed by atoms with Crippen molar-refractivity contribution in [2.45, 2.75) is 13.5 Å². The normalized spacial score (nSPS) is 10.8. The number of aryl methyl sites for hydroxylation is 1. The van der Waals surface area contributed by atoms with Crippen LogP contribution in [0.1, 0.15) is 21.5 Å². The van der Waals surface area contributed by atoms with E-state index in [1.165, 1.54) is 11.1 Å². The highest BCUT2D eigenvalue weighted by Gasteiger charge is 2.13. The Morgan fingerprint density at radius 3 is 2.68 bits per heavy atom. The largest absolute Gasteiger partial charge is 0.495 e. The molecule has 1 amide bonds. The Morgan fingerprint density at radius 1 is 1.07 bits per heavy atom. The number of hydrogen-bond acceptors (Lipinski definition) is 4. The molecular formula is C22H20N4O2. The molecule has 0 fully saturated rings. The van der Waals surface area contributed by atoms with Crippen LogP contribution in [0, 0.1) is 6.92 Å². The second-order valence-corrected chi connectivity index (χ2v) is 6.53. The molecule has 28 heavy (non-hydrogen) atoms. The van der Waals surface area contributed by atoms with Gasteiger partial charge in [-0.3, -0.25) is 4.79 Å². The van der Waals surface area contributed by atoms with Crippen LogP contribution in [0.2, 0.25) is 0 Å². The van der Waals surface area contributed by atoms with Crippen LogP contribution in [0.5, 0.6) is 5.75 Å². The molecule has 4 aromatic rings. The Bertz CT molecular complexity index is 1150. The number of para-hydroxylation sites is 2. The number of aromatic nitrogens is 3. The van der Waals surface area contributed by atoms with Crippen molar-refractivity contribution in [2.75, 3.05) is 12.4 Å². The lowest BCUT2D eigenvalue weighted by atomic mass is 10.1. The summed E-state index contributed by atoms with van der Waals surface area (Å²) >= 11 is 0. The molecule has 0 saturated carbocycles. The quantitative estimate of drug-likeness (QED) is 0.574. The van der Waals surface area contributed by atoms with E-state index in [0.29, 0.717) is 29.1 Å². The van der Waals surface area contributed by atoms with Crippen molar-refractivity contribution in [1.29, 1.82) is 0 Å². The number of benzene rings is 3. The van der Waals surface area contributed by atoms with Gasteiger partial charge < -0.3 is 10.1 Å². The number of nitrogens with one attached hydrogen (secondary N) is 1. The zero-order valence-electron chi connectivity index (χ0n) is 15.7. The predicted molar refractivity (Wildman–Crippen MR) is 109 cm³/mol. The third-order valence-corrected chi connectivity index (χ3v) is 4.71. The van der Waals surface area contributed by atoms with Crippen LogP contribution in [0.4, 0.5) is 5.69 Å². The van der Waals surface area contributed by atoms with Crippen LogP contribution in [-0.2, 0) is 6.54 Å². The van der Waals surface area contributed by atoms with Crippen molar-refractivity contribution in [3.8, 4) is 5.75 Å². The van der Waals surface area contributed by atoms with Crippen LogP contribution in [0.15, 0.2) is 66.7 Å². The van der Waals surface area contributed by atoms with Crippen LogP contribution in [0.3, 0.4) is 0 Å². The molecule has 0 unspecified atom stereocenters. The van der Waals surface area contributed by atoms with E-state index < -0.39 is 0 Å². The van der Waals surface area contributed by atoms with Crippen LogP contribution < -0.4 is 10.1 Å². The summed E-state index contributed by atoms with van der Waals surface area (Å²) in [5, 5.41) is 11.4. The van der Waals surface area contributed by atoms with Gasteiger partial charge in [0.15, 0.2) is 0 Å². The first-order chi connectivity index (χ1) is 13.7. The first-order valence-corrected chi connectivity index (χ1v) is 8.98. The smallest absolute Gasteiger partial charge is 0.255 e. The van der Waals surface area contributed by atoms with Gasteiger partial charge >= 0.3 is 0 Å². The Labute approximate surface area is 162 Å². The molecule has 1 heterocycles. The van der Waals surface area contributed by atoms with Gasteiger partial charge in [0, 0.05) is 5.56 Å². The number of ether oxygens (including phenoxy) is 1. The Hall–Kier alpha value is -3.67. The molecule has 0 spiro atoms. The van der Waals surface area contributed by atoms with E-state index >= 15 is 0 Å². The zero-order valence-corrected chi connectivity index (χ0v) is 15.7. The summed E-state index contributed by atoms with van der Waals surface area (Å²) in [6.07, 6.45) is 0. The molecular weight excluding hydrogens is 352 g/mol. The molecule has 0 aliphatic carbocycles. The molecule has 4 rings (SSSR count). The third-order valence-electron chi connectivity index (χ3n) is 4.71. The van der Waals surface area contributed by atoms with Gasteiger partial charge in [-0.2, -0.15) is 0 Å². The van der Waals surface area contributed by atoms with Crippen molar-refractivity contribution in [3.05, 3.63) is 83.4 Å². The maximum atomic E-state index is 12.6. The lowest BCUT2D eigenvalue weighted by Crippen LogP contribution is -2.12. The number of hydrogen-bond donors (Lipinski definition) is 1. The molecule has 6 nitrogen and oxygen atoms in total. The topological polar surface area (TPSA) is 69.0 Å². The fraction of sp³-hybridized carbons (Fsp3) is 0.136. The van der Waals surface area contributed by atoms with Crippen LogP contribution in [0.25, 0.3) is 11.0 Å².